The van der Waals surface area contributed by atoms with E-state index >= 15 is 0 Å². The van der Waals surface area contributed by atoms with Crippen LogP contribution in [0.5, 0.6) is 0 Å². The first-order chi connectivity index (χ1) is 10.4. The van der Waals surface area contributed by atoms with Crippen LogP contribution in [0, 0.1) is 5.92 Å². The van der Waals surface area contributed by atoms with Gasteiger partial charge in [0, 0.05) is 38.7 Å². The number of hydrogen-bond donors (Lipinski definition) is 0. The Morgan fingerprint density at radius 3 is 2.55 bits per heavy atom. The maximum absolute atomic E-state index is 12.2. The molecule has 1 aromatic rings. The van der Waals surface area contributed by atoms with Crippen molar-refractivity contribution in [1.82, 2.24) is 13.8 Å². The van der Waals surface area contributed by atoms with Crippen LogP contribution in [0.3, 0.4) is 0 Å². The Morgan fingerprint density at radius 1 is 1.23 bits per heavy atom. The van der Waals surface area contributed by atoms with Crippen LogP contribution in [0.2, 0.25) is 0 Å². The summed E-state index contributed by atoms with van der Waals surface area (Å²) in [6.45, 7) is 3.37. The molecule has 2 heterocycles. The van der Waals surface area contributed by atoms with Crippen molar-refractivity contribution in [3.63, 3.8) is 0 Å². The van der Waals surface area contributed by atoms with Crippen LogP contribution in [-0.2, 0) is 23.1 Å². The summed E-state index contributed by atoms with van der Waals surface area (Å²) in [6.07, 6.45) is 4.85. The summed E-state index contributed by atoms with van der Waals surface area (Å²) in [5, 5.41) is 4.25. The molecule has 1 saturated heterocycles. The first kappa shape index (κ1) is 16.0. The summed E-state index contributed by atoms with van der Waals surface area (Å²) in [7, 11) is -0.140. The maximum Gasteiger partial charge on any atom is 0.281 e. The molecule has 0 bridgehead atoms. The van der Waals surface area contributed by atoms with E-state index in [1.807, 2.05) is 0 Å². The Hall–Kier alpha value is -0.920. The molecule has 0 radical (unpaired) electrons. The second kappa shape index (κ2) is 5.94. The number of aryl methyl sites for hydroxylation is 1. The molecule has 124 valence electrons. The van der Waals surface area contributed by atoms with Crippen molar-refractivity contribution in [3.8, 4) is 0 Å². The van der Waals surface area contributed by atoms with Gasteiger partial charge in [0.15, 0.2) is 0 Å². The quantitative estimate of drug-likeness (QED) is 0.849. The van der Waals surface area contributed by atoms with E-state index in [2.05, 4.69) is 12.1 Å². The van der Waals surface area contributed by atoms with Gasteiger partial charge in [-0.15, -0.1) is 0 Å². The van der Waals surface area contributed by atoms with Crippen LogP contribution in [0.25, 0.3) is 0 Å². The number of hydrogen-bond acceptors (Lipinski definition) is 4. The third-order valence-corrected chi connectivity index (χ3v) is 6.88. The predicted octanol–water partition coefficient (Wildman–Crippen LogP) is 1.79. The summed E-state index contributed by atoms with van der Waals surface area (Å²) in [4.78, 5) is 0. The van der Waals surface area contributed by atoms with Crippen molar-refractivity contribution >= 4 is 10.2 Å². The largest absolute Gasteiger partial charge is 0.361 e. The van der Waals surface area contributed by atoms with Crippen LogP contribution in [-0.4, -0.2) is 49.4 Å². The van der Waals surface area contributed by atoms with E-state index in [0.29, 0.717) is 24.9 Å². The lowest BCUT2D eigenvalue weighted by Gasteiger charge is -2.32. The molecule has 1 fully saturated rings. The minimum absolute atomic E-state index is 0.301. The molecule has 1 unspecified atom stereocenters. The van der Waals surface area contributed by atoms with Crippen LogP contribution >= 0.6 is 0 Å². The highest BCUT2D eigenvalue weighted by atomic mass is 32.2. The van der Waals surface area contributed by atoms with Gasteiger partial charge in [-0.3, -0.25) is 0 Å². The van der Waals surface area contributed by atoms with E-state index < -0.39 is 10.2 Å². The van der Waals surface area contributed by atoms with Crippen LogP contribution in [0.4, 0.5) is 0 Å². The van der Waals surface area contributed by atoms with Gasteiger partial charge in [0.2, 0.25) is 0 Å². The van der Waals surface area contributed by atoms with Gasteiger partial charge >= 0.3 is 0 Å². The molecule has 1 aliphatic carbocycles. The lowest BCUT2D eigenvalue weighted by Crippen LogP contribution is -2.44. The summed E-state index contributed by atoms with van der Waals surface area (Å²) in [5.41, 5.74) is 2.42. The fourth-order valence-corrected chi connectivity index (χ4v) is 4.64. The van der Waals surface area contributed by atoms with Crippen molar-refractivity contribution in [3.05, 3.63) is 17.0 Å². The SMILES string of the molecule is CC1CCc2noc(C3CCN(S(=O)(=O)N(C)C)CC3)c2C1. The zero-order valence-corrected chi connectivity index (χ0v) is 14.4. The summed E-state index contributed by atoms with van der Waals surface area (Å²) < 4.78 is 32.8. The van der Waals surface area contributed by atoms with E-state index in [9.17, 15) is 8.42 Å². The molecule has 22 heavy (non-hydrogen) atoms. The van der Waals surface area contributed by atoms with Crippen molar-refractivity contribution in [2.45, 2.75) is 44.9 Å². The number of nitrogens with zero attached hydrogens (tertiary/aromatic N) is 3. The topological polar surface area (TPSA) is 66.7 Å². The molecule has 0 saturated carbocycles. The highest BCUT2D eigenvalue weighted by Crippen LogP contribution is 2.36. The molecule has 1 atom stereocenters. The van der Waals surface area contributed by atoms with Gasteiger partial charge in [-0.25, -0.2) is 0 Å². The van der Waals surface area contributed by atoms with E-state index in [-0.39, 0.29) is 0 Å². The minimum atomic E-state index is -3.30. The molecule has 1 aromatic heterocycles. The van der Waals surface area contributed by atoms with E-state index in [0.717, 1.165) is 37.1 Å². The average molecular weight is 327 g/mol. The lowest BCUT2D eigenvalue weighted by molar-refractivity contribution is 0.265. The number of fused-ring (bicyclic) bond motifs is 1. The number of rotatable bonds is 3. The first-order valence-corrected chi connectivity index (χ1v) is 9.44. The zero-order chi connectivity index (χ0) is 15.9. The van der Waals surface area contributed by atoms with Gasteiger partial charge in [0.25, 0.3) is 10.2 Å². The van der Waals surface area contributed by atoms with Gasteiger partial charge in [0.1, 0.15) is 5.76 Å². The van der Waals surface area contributed by atoms with Gasteiger partial charge in [-0.2, -0.15) is 17.0 Å². The smallest absolute Gasteiger partial charge is 0.281 e. The standard InChI is InChI=1S/C15H25N3O3S/c1-11-4-5-14-13(10-11)15(21-16-14)12-6-8-18(9-7-12)22(19,20)17(2)3/h11-12H,4-10H2,1-3H3. The molecule has 0 N–H and O–H groups in total. The lowest BCUT2D eigenvalue weighted by atomic mass is 9.83. The monoisotopic (exact) mass is 327 g/mol. The maximum atomic E-state index is 12.2. The van der Waals surface area contributed by atoms with Gasteiger partial charge < -0.3 is 4.52 Å². The van der Waals surface area contributed by atoms with Crippen LogP contribution in [0.1, 0.15) is 49.1 Å². The highest BCUT2D eigenvalue weighted by molar-refractivity contribution is 7.86. The van der Waals surface area contributed by atoms with Gasteiger partial charge in [-0.05, 0) is 38.0 Å². The summed E-state index contributed by atoms with van der Waals surface area (Å²) in [6, 6.07) is 0. The highest BCUT2D eigenvalue weighted by Gasteiger charge is 2.34. The van der Waals surface area contributed by atoms with E-state index in [4.69, 9.17) is 4.52 Å². The molecular weight excluding hydrogens is 302 g/mol. The second-order valence-corrected chi connectivity index (χ2v) is 8.93. The summed E-state index contributed by atoms with van der Waals surface area (Å²) >= 11 is 0. The molecular formula is C15H25N3O3S. The van der Waals surface area contributed by atoms with E-state index in [1.54, 1.807) is 18.4 Å². The zero-order valence-electron chi connectivity index (χ0n) is 13.6. The molecule has 6 nitrogen and oxygen atoms in total. The molecule has 0 aromatic carbocycles. The van der Waals surface area contributed by atoms with E-state index in [1.165, 1.54) is 16.3 Å². The van der Waals surface area contributed by atoms with Crippen molar-refractivity contribution < 1.29 is 12.9 Å². The molecule has 2 aliphatic rings. The molecule has 1 aliphatic heterocycles. The molecule has 0 spiro atoms. The Labute approximate surface area is 132 Å². The third-order valence-electron chi connectivity index (χ3n) is 4.94. The minimum Gasteiger partial charge on any atom is -0.361 e. The third kappa shape index (κ3) is 2.81. The Kier molecular flexibility index (Phi) is 4.31. The molecule has 3 rings (SSSR count). The van der Waals surface area contributed by atoms with Crippen molar-refractivity contribution in [1.29, 1.82) is 0 Å². The van der Waals surface area contributed by atoms with Crippen LogP contribution < -0.4 is 0 Å². The Morgan fingerprint density at radius 2 is 1.91 bits per heavy atom. The summed E-state index contributed by atoms with van der Waals surface area (Å²) in [5.74, 6) is 2.00. The van der Waals surface area contributed by atoms with Gasteiger partial charge in [-0.1, -0.05) is 12.1 Å². The normalized spacial score (nSPS) is 24.6. The Balaban J connectivity index is 1.72. The van der Waals surface area contributed by atoms with Crippen LogP contribution in [0.15, 0.2) is 4.52 Å². The second-order valence-electron chi connectivity index (χ2n) is 6.78. The van der Waals surface area contributed by atoms with Crippen molar-refractivity contribution in [2.24, 2.45) is 5.92 Å². The fourth-order valence-electron chi connectivity index (χ4n) is 3.51. The predicted molar refractivity (Wildman–Crippen MR) is 83.8 cm³/mol. The number of piperidine rings is 1. The fraction of sp³-hybridized carbons (Fsp3) is 0.800. The average Bonchev–Trinajstić information content (AvgIpc) is 2.90. The molecule has 7 heteroatoms. The Bertz CT molecular complexity index is 630. The first-order valence-electron chi connectivity index (χ1n) is 8.04. The van der Waals surface area contributed by atoms with Gasteiger partial charge in [0.05, 0.1) is 5.69 Å². The number of aromatic nitrogens is 1. The van der Waals surface area contributed by atoms with Crippen molar-refractivity contribution in [2.75, 3.05) is 27.2 Å². The molecule has 0 amide bonds.